The van der Waals surface area contributed by atoms with Crippen LogP contribution in [0.5, 0.6) is 0 Å². The van der Waals surface area contributed by atoms with E-state index in [0.717, 1.165) is 6.20 Å². The largest absolute Gasteiger partial charge is 0.465 e. The van der Waals surface area contributed by atoms with Crippen molar-refractivity contribution in [3.63, 3.8) is 0 Å². The number of hydrogen-bond acceptors (Lipinski definition) is 6. The molecule has 2 aromatic heterocycles. The molecule has 0 saturated heterocycles. The summed E-state index contributed by atoms with van der Waals surface area (Å²) in [6, 6.07) is 4.08. The fourth-order valence-corrected chi connectivity index (χ4v) is 2.74. The molecule has 0 aliphatic carbocycles. The molecular weight excluding hydrogens is 330 g/mol. The molecule has 2 aromatic rings. The first kappa shape index (κ1) is 16.2. The average Bonchev–Trinajstić information content (AvgIpc) is 2.49. The lowest BCUT2D eigenvalue weighted by Crippen LogP contribution is -2.15. The fraction of sp³-hybridized carbons (Fsp3) is 0.154. The normalized spacial score (nSPS) is 11.0. The molecule has 2 rings (SSSR count). The van der Waals surface area contributed by atoms with Gasteiger partial charge < -0.3 is 4.74 Å². The Labute approximate surface area is 132 Å². The van der Waals surface area contributed by atoms with Gasteiger partial charge in [0.1, 0.15) is 15.9 Å². The molecule has 116 valence electrons. The van der Waals surface area contributed by atoms with Gasteiger partial charge in [0.15, 0.2) is 0 Å². The lowest BCUT2D eigenvalue weighted by Gasteiger charge is -2.09. The number of hydrogen-bond donors (Lipinski definition) is 1. The van der Waals surface area contributed by atoms with E-state index in [9.17, 15) is 13.2 Å². The van der Waals surface area contributed by atoms with E-state index in [1.54, 1.807) is 6.92 Å². The summed E-state index contributed by atoms with van der Waals surface area (Å²) in [5.74, 6) is -0.595. The van der Waals surface area contributed by atoms with Crippen molar-refractivity contribution >= 4 is 33.4 Å². The molecule has 0 aliphatic heterocycles. The second-order valence-electron chi connectivity index (χ2n) is 4.31. The Balaban J connectivity index is 2.32. The van der Waals surface area contributed by atoms with Gasteiger partial charge in [-0.3, -0.25) is 4.72 Å². The van der Waals surface area contributed by atoms with Crippen molar-refractivity contribution in [2.45, 2.75) is 11.8 Å². The number of carbonyl (C=O) groups is 1. The number of rotatable bonds is 4. The predicted octanol–water partition coefficient (Wildman–Crippen LogP) is 2.03. The van der Waals surface area contributed by atoms with Gasteiger partial charge in [0.05, 0.1) is 12.7 Å². The van der Waals surface area contributed by atoms with Gasteiger partial charge in [0, 0.05) is 12.4 Å². The Morgan fingerprint density at radius 1 is 1.32 bits per heavy atom. The third-order valence-corrected chi connectivity index (χ3v) is 4.44. The number of carbonyl (C=O) groups excluding carboxylic acids is 1. The molecule has 0 aliphatic rings. The number of methoxy groups -OCH3 is 1. The molecule has 0 spiro atoms. The van der Waals surface area contributed by atoms with E-state index >= 15 is 0 Å². The minimum Gasteiger partial charge on any atom is -0.465 e. The molecule has 0 amide bonds. The highest BCUT2D eigenvalue weighted by Gasteiger charge is 2.17. The van der Waals surface area contributed by atoms with Gasteiger partial charge in [-0.2, -0.15) is 0 Å². The van der Waals surface area contributed by atoms with Crippen LogP contribution >= 0.6 is 11.6 Å². The monoisotopic (exact) mass is 341 g/mol. The zero-order valence-corrected chi connectivity index (χ0v) is 13.3. The summed E-state index contributed by atoms with van der Waals surface area (Å²) in [7, 11) is -2.66. The quantitative estimate of drug-likeness (QED) is 0.675. The maximum atomic E-state index is 12.3. The fourth-order valence-electron chi connectivity index (χ4n) is 1.61. The third kappa shape index (κ3) is 3.52. The molecule has 0 saturated carbocycles. The molecule has 2 heterocycles. The van der Waals surface area contributed by atoms with E-state index < -0.39 is 16.0 Å². The zero-order valence-electron chi connectivity index (χ0n) is 11.7. The van der Waals surface area contributed by atoms with Crippen molar-refractivity contribution in [3.8, 4) is 0 Å². The van der Waals surface area contributed by atoms with E-state index in [1.165, 1.54) is 31.5 Å². The molecule has 0 atom stereocenters. The van der Waals surface area contributed by atoms with Crippen LogP contribution in [0, 0.1) is 6.92 Å². The van der Waals surface area contributed by atoms with Crippen LogP contribution in [-0.2, 0) is 14.8 Å². The summed E-state index contributed by atoms with van der Waals surface area (Å²) in [5.41, 5.74) is 0.710. The molecule has 0 fully saturated rings. The van der Waals surface area contributed by atoms with Gasteiger partial charge >= 0.3 is 5.97 Å². The molecule has 22 heavy (non-hydrogen) atoms. The number of sulfonamides is 1. The van der Waals surface area contributed by atoms with E-state index in [1.807, 2.05) is 0 Å². The minimum atomic E-state index is -3.89. The van der Waals surface area contributed by atoms with Crippen LogP contribution in [0.15, 0.2) is 35.5 Å². The van der Waals surface area contributed by atoms with Crippen molar-refractivity contribution in [2.24, 2.45) is 0 Å². The molecular formula is C13H12ClN3O4S. The van der Waals surface area contributed by atoms with Gasteiger partial charge in [-0.15, -0.1) is 0 Å². The van der Waals surface area contributed by atoms with E-state index in [2.05, 4.69) is 19.4 Å². The lowest BCUT2D eigenvalue weighted by atomic mass is 10.3. The zero-order chi connectivity index (χ0) is 16.3. The van der Waals surface area contributed by atoms with Crippen molar-refractivity contribution < 1.29 is 17.9 Å². The number of nitrogens with zero attached hydrogens (tertiary/aromatic N) is 2. The Morgan fingerprint density at radius 3 is 2.68 bits per heavy atom. The molecule has 1 N–H and O–H groups in total. The van der Waals surface area contributed by atoms with Crippen molar-refractivity contribution in [3.05, 3.63) is 46.9 Å². The second-order valence-corrected chi connectivity index (χ2v) is 6.35. The van der Waals surface area contributed by atoms with Crippen molar-refractivity contribution in [1.82, 2.24) is 9.97 Å². The maximum Gasteiger partial charge on any atom is 0.338 e. The van der Waals surface area contributed by atoms with Crippen LogP contribution in [0.25, 0.3) is 0 Å². The van der Waals surface area contributed by atoms with Crippen LogP contribution in [0.3, 0.4) is 0 Å². The van der Waals surface area contributed by atoms with Crippen molar-refractivity contribution in [2.75, 3.05) is 11.8 Å². The summed E-state index contributed by atoms with van der Waals surface area (Å²) in [6.45, 7) is 1.64. The van der Waals surface area contributed by atoms with Gasteiger partial charge in [-0.1, -0.05) is 11.6 Å². The highest BCUT2D eigenvalue weighted by Crippen LogP contribution is 2.19. The Morgan fingerprint density at radius 2 is 2.05 bits per heavy atom. The number of esters is 1. The van der Waals surface area contributed by atoms with Crippen LogP contribution in [0.2, 0.25) is 5.15 Å². The van der Waals surface area contributed by atoms with E-state index in [-0.39, 0.29) is 21.4 Å². The number of ether oxygens (including phenoxy) is 1. The Bertz CT molecular complexity index is 824. The topological polar surface area (TPSA) is 98.2 Å². The van der Waals surface area contributed by atoms with E-state index in [0.29, 0.717) is 5.56 Å². The Kier molecular flexibility index (Phi) is 4.62. The third-order valence-electron chi connectivity index (χ3n) is 2.72. The summed E-state index contributed by atoms with van der Waals surface area (Å²) in [5, 5.41) is 0.227. The lowest BCUT2D eigenvalue weighted by molar-refractivity contribution is 0.0600. The van der Waals surface area contributed by atoms with E-state index in [4.69, 9.17) is 11.6 Å². The van der Waals surface area contributed by atoms with Crippen LogP contribution in [0.4, 0.5) is 5.82 Å². The number of aromatic nitrogens is 2. The first-order valence-corrected chi connectivity index (χ1v) is 7.89. The number of nitrogens with one attached hydrogen (secondary N) is 1. The predicted molar refractivity (Wildman–Crippen MR) is 80.4 cm³/mol. The SMILES string of the molecule is COC(=O)c1ccnc(NS(=O)(=O)c2cnc(Cl)c(C)c2)c1. The van der Waals surface area contributed by atoms with Crippen LogP contribution < -0.4 is 4.72 Å². The van der Waals surface area contributed by atoms with Gasteiger partial charge in [0.2, 0.25) is 0 Å². The molecule has 0 aromatic carbocycles. The highest BCUT2D eigenvalue weighted by atomic mass is 35.5. The van der Waals surface area contributed by atoms with Gasteiger partial charge in [-0.25, -0.2) is 23.2 Å². The summed E-state index contributed by atoms with van der Waals surface area (Å²) >= 11 is 5.77. The van der Waals surface area contributed by atoms with Gasteiger partial charge in [-0.05, 0) is 30.7 Å². The Hall–Kier alpha value is -2.19. The van der Waals surface area contributed by atoms with Gasteiger partial charge in [0.25, 0.3) is 10.0 Å². The number of aryl methyl sites for hydroxylation is 1. The van der Waals surface area contributed by atoms with Crippen LogP contribution in [-0.4, -0.2) is 31.5 Å². The van der Waals surface area contributed by atoms with Crippen molar-refractivity contribution in [1.29, 1.82) is 0 Å². The molecule has 7 nitrogen and oxygen atoms in total. The smallest absolute Gasteiger partial charge is 0.338 e. The first-order valence-electron chi connectivity index (χ1n) is 6.03. The number of halogens is 1. The second kappa shape index (κ2) is 6.29. The van der Waals surface area contributed by atoms with Crippen LogP contribution in [0.1, 0.15) is 15.9 Å². The minimum absolute atomic E-state index is 0.00416. The summed E-state index contributed by atoms with van der Waals surface area (Å²) < 4.78 is 31.4. The number of pyridine rings is 2. The summed E-state index contributed by atoms with van der Waals surface area (Å²) in [4.78, 5) is 19.0. The molecule has 9 heteroatoms. The summed E-state index contributed by atoms with van der Waals surface area (Å²) in [6.07, 6.45) is 2.44. The molecule has 0 radical (unpaired) electrons. The first-order chi connectivity index (χ1) is 10.3. The molecule has 0 bridgehead atoms. The molecule has 0 unspecified atom stereocenters. The highest BCUT2D eigenvalue weighted by molar-refractivity contribution is 7.92. The maximum absolute atomic E-state index is 12.3. The number of anilines is 1. The average molecular weight is 342 g/mol. The standard InChI is InChI=1S/C13H12ClN3O4S/c1-8-5-10(7-16-12(8)14)22(19,20)17-11-6-9(3-4-15-11)13(18)21-2/h3-7H,1-2H3,(H,15,17).